The van der Waals surface area contributed by atoms with Crippen LogP contribution in [0.1, 0.15) is 49.9 Å². The molecule has 0 unspecified atom stereocenters. The van der Waals surface area contributed by atoms with Crippen molar-refractivity contribution in [3.8, 4) is 11.1 Å². The van der Waals surface area contributed by atoms with Gasteiger partial charge in [0.25, 0.3) is 0 Å². The van der Waals surface area contributed by atoms with Gasteiger partial charge < -0.3 is 0 Å². The number of hydrogen-bond donors (Lipinski definition) is 0. The minimum absolute atomic E-state index is 0.151. The van der Waals surface area contributed by atoms with Crippen molar-refractivity contribution in [3.05, 3.63) is 42.0 Å². The van der Waals surface area contributed by atoms with Gasteiger partial charge in [-0.1, -0.05) is 0 Å². The van der Waals surface area contributed by atoms with Crippen molar-refractivity contribution < 1.29 is 13.6 Å². The summed E-state index contributed by atoms with van der Waals surface area (Å²) >= 11 is 0. The molecular weight excluding hydrogens is 412 g/mol. The van der Waals surface area contributed by atoms with E-state index in [9.17, 15) is 13.6 Å². The van der Waals surface area contributed by atoms with Crippen LogP contribution >= 0.6 is 0 Å². The molecule has 1 saturated carbocycles. The molecule has 2 aliphatic rings. The van der Waals surface area contributed by atoms with E-state index in [2.05, 4.69) is 10.1 Å². The molecule has 0 bridgehead atoms. The Morgan fingerprint density at radius 2 is 1.88 bits per heavy atom. The van der Waals surface area contributed by atoms with Gasteiger partial charge in [-0.25, -0.2) is 8.78 Å². The van der Waals surface area contributed by atoms with Gasteiger partial charge in [0.15, 0.2) is 0 Å². The second-order valence-electron chi connectivity index (χ2n) is 8.93. The van der Waals surface area contributed by atoms with E-state index < -0.39 is 11.8 Å². The molecule has 1 aliphatic heterocycles. The van der Waals surface area contributed by atoms with Crippen LogP contribution in [0.3, 0.4) is 0 Å². The Hall–Kier alpha value is -3.16. The quantitative estimate of drug-likeness (QED) is 0.569. The fourth-order valence-corrected chi connectivity index (χ4v) is 4.84. The number of pyridine rings is 1. The summed E-state index contributed by atoms with van der Waals surface area (Å²) in [5.74, 6) is -3.25. The summed E-state index contributed by atoms with van der Waals surface area (Å²) in [4.78, 5) is 22.7. The molecule has 0 radical (unpaired) electrons. The smallest absolute Gasteiger partial charge is 0.248 e. The van der Waals surface area contributed by atoms with Crippen LogP contribution < -0.4 is 0 Å². The van der Waals surface area contributed by atoms with Crippen LogP contribution in [0.2, 0.25) is 0 Å². The fourth-order valence-electron chi connectivity index (χ4n) is 4.84. The Morgan fingerprint density at radius 3 is 2.50 bits per heavy atom. The predicted molar refractivity (Wildman–Crippen MR) is 120 cm³/mol. The Bertz CT molecular complexity index is 1290. The molecule has 32 heavy (non-hydrogen) atoms. The molecule has 1 fully saturated rings. The lowest BCUT2D eigenvalue weighted by Gasteiger charge is -2.27. The molecular formula is C24H25F2N5O. The lowest BCUT2D eigenvalue weighted by atomic mass is 9.86. The average molecular weight is 437 g/mol. The van der Waals surface area contributed by atoms with Crippen molar-refractivity contribution in [2.75, 3.05) is 6.54 Å². The number of nitrogens with zero attached hydrogens (tertiary/aromatic N) is 5. The first-order chi connectivity index (χ1) is 15.2. The van der Waals surface area contributed by atoms with E-state index in [0.29, 0.717) is 17.6 Å². The second-order valence-corrected chi connectivity index (χ2v) is 8.93. The van der Waals surface area contributed by atoms with Crippen LogP contribution in [0.25, 0.3) is 27.7 Å². The maximum atomic E-state index is 13.7. The molecule has 166 valence electrons. The molecule has 1 aliphatic carbocycles. The molecule has 4 heterocycles. The number of alkyl halides is 2. The highest BCUT2D eigenvalue weighted by Gasteiger charge is 2.38. The predicted octanol–water partition coefficient (Wildman–Crippen LogP) is 5.15. The van der Waals surface area contributed by atoms with Crippen molar-refractivity contribution in [2.24, 2.45) is 18.0 Å². The van der Waals surface area contributed by atoms with Crippen LogP contribution in [0.5, 0.6) is 0 Å². The molecule has 0 spiro atoms. The number of halogens is 2. The van der Waals surface area contributed by atoms with Gasteiger partial charge in [0.05, 0.1) is 23.8 Å². The summed E-state index contributed by atoms with van der Waals surface area (Å²) in [6, 6.07) is 1.97. The van der Waals surface area contributed by atoms with E-state index in [-0.39, 0.29) is 31.6 Å². The monoisotopic (exact) mass is 437 g/mol. The standard InChI is InChI=1S/C24H25F2N5O/c1-14-9-27-15(2)21(14)17-8-20-22(28-10-17)19(18-11-29-30(3)12-18)13-31(20)23(32)16-4-6-24(25,26)7-5-16/h8,10-13,16H,4-7,9H2,1-3H3. The first kappa shape index (κ1) is 20.7. The summed E-state index contributed by atoms with van der Waals surface area (Å²) in [7, 11) is 1.83. The molecule has 3 aromatic rings. The van der Waals surface area contributed by atoms with E-state index in [0.717, 1.165) is 33.5 Å². The highest BCUT2D eigenvalue weighted by molar-refractivity contribution is 6.25. The SMILES string of the molecule is CC1=NCC(C)=C1c1cnc2c(-c3cnn(C)c3)cn(C(=O)C3CCC(F)(F)CC3)c2c1. The van der Waals surface area contributed by atoms with Gasteiger partial charge >= 0.3 is 0 Å². The van der Waals surface area contributed by atoms with Crippen molar-refractivity contribution in [2.45, 2.75) is 45.5 Å². The van der Waals surface area contributed by atoms with Crippen LogP contribution in [-0.4, -0.2) is 43.4 Å². The summed E-state index contributed by atoms with van der Waals surface area (Å²) in [6.45, 7) is 4.69. The molecule has 0 aromatic carbocycles. The van der Waals surface area contributed by atoms with Crippen molar-refractivity contribution in [1.82, 2.24) is 19.3 Å². The van der Waals surface area contributed by atoms with E-state index >= 15 is 0 Å². The van der Waals surface area contributed by atoms with E-state index in [1.807, 2.05) is 39.4 Å². The first-order valence-corrected chi connectivity index (χ1v) is 10.9. The molecule has 0 N–H and O–H groups in total. The van der Waals surface area contributed by atoms with Gasteiger partial charge in [-0.3, -0.25) is 24.0 Å². The van der Waals surface area contributed by atoms with Crippen LogP contribution in [-0.2, 0) is 7.05 Å². The Labute approximate surface area is 184 Å². The van der Waals surface area contributed by atoms with Crippen molar-refractivity contribution in [3.63, 3.8) is 0 Å². The normalized spacial score (nSPS) is 19.1. The number of aryl methyl sites for hydroxylation is 1. The lowest BCUT2D eigenvalue weighted by Crippen LogP contribution is -2.31. The highest BCUT2D eigenvalue weighted by atomic mass is 19.3. The number of hydrogen-bond acceptors (Lipinski definition) is 4. The van der Waals surface area contributed by atoms with Crippen molar-refractivity contribution >= 4 is 28.2 Å². The second kappa shape index (κ2) is 7.46. The van der Waals surface area contributed by atoms with Gasteiger partial charge in [-0.15, -0.1) is 0 Å². The Kier molecular flexibility index (Phi) is 4.83. The Morgan fingerprint density at radius 1 is 1.12 bits per heavy atom. The first-order valence-electron chi connectivity index (χ1n) is 10.9. The van der Waals surface area contributed by atoms with Crippen LogP contribution in [0.15, 0.2) is 41.4 Å². The molecule has 6 nitrogen and oxygen atoms in total. The fraction of sp³-hybridized carbons (Fsp3) is 0.417. The zero-order chi connectivity index (χ0) is 22.6. The Balaban J connectivity index is 1.63. The zero-order valence-corrected chi connectivity index (χ0v) is 18.4. The molecule has 0 saturated heterocycles. The lowest BCUT2D eigenvalue weighted by molar-refractivity contribution is -0.0431. The average Bonchev–Trinajstić information content (AvgIpc) is 3.44. The van der Waals surface area contributed by atoms with Gasteiger partial charge in [0, 0.05) is 72.4 Å². The molecule has 0 atom stereocenters. The van der Waals surface area contributed by atoms with Crippen molar-refractivity contribution in [1.29, 1.82) is 0 Å². The largest absolute Gasteiger partial charge is 0.285 e. The third-order valence-corrected chi connectivity index (χ3v) is 6.59. The number of fused-ring (bicyclic) bond motifs is 1. The number of carbonyl (C=O) groups is 1. The van der Waals surface area contributed by atoms with Gasteiger partial charge in [0.1, 0.15) is 0 Å². The van der Waals surface area contributed by atoms with Crippen LogP contribution in [0, 0.1) is 5.92 Å². The summed E-state index contributed by atoms with van der Waals surface area (Å²) in [5.41, 5.74) is 7.12. The zero-order valence-electron chi connectivity index (χ0n) is 18.4. The maximum Gasteiger partial charge on any atom is 0.248 e. The topological polar surface area (TPSA) is 65.1 Å². The summed E-state index contributed by atoms with van der Waals surface area (Å²) in [6.07, 6.45) is 7.10. The summed E-state index contributed by atoms with van der Waals surface area (Å²) in [5, 5.41) is 4.25. The molecule has 5 rings (SSSR count). The molecule has 0 amide bonds. The number of allylic oxidation sites excluding steroid dienone is 1. The molecule has 8 heteroatoms. The van der Waals surface area contributed by atoms with E-state index in [1.165, 1.54) is 0 Å². The van der Waals surface area contributed by atoms with E-state index in [4.69, 9.17) is 4.98 Å². The van der Waals surface area contributed by atoms with E-state index in [1.54, 1.807) is 21.6 Å². The minimum atomic E-state index is -2.67. The maximum absolute atomic E-state index is 13.7. The van der Waals surface area contributed by atoms with Gasteiger partial charge in [0.2, 0.25) is 11.8 Å². The highest BCUT2D eigenvalue weighted by Crippen LogP contribution is 2.38. The number of carbonyl (C=O) groups excluding carboxylic acids is 1. The number of rotatable bonds is 3. The number of aliphatic imine (C=N–C) groups is 1. The van der Waals surface area contributed by atoms with Crippen LogP contribution in [0.4, 0.5) is 8.78 Å². The van der Waals surface area contributed by atoms with Gasteiger partial charge in [-0.05, 0) is 38.3 Å². The third-order valence-electron chi connectivity index (χ3n) is 6.59. The third kappa shape index (κ3) is 3.47. The van der Waals surface area contributed by atoms with Gasteiger partial charge in [-0.2, -0.15) is 5.10 Å². The minimum Gasteiger partial charge on any atom is -0.285 e. The number of aromatic nitrogens is 4. The summed E-state index contributed by atoms with van der Waals surface area (Å²) < 4.78 is 30.6. The molecule has 3 aromatic heterocycles.